The van der Waals surface area contributed by atoms with Crippen LogP contribution in [-0.4, -0.2) is 21.4 Å². The van der Waals surface area contributed by atoms with Crippen molar-refractivity contribution in [3.63, 3.8) is 0 Å². The lowest BCUT2D eigenvalue weighted by Gasteiger charge is -2.28. The number of benzene rings is 2. The van der Waals surface area contributed by atoms with Gasteiger partial charge in [-0.15, -0.1) is 0 Å². The van der Waals surface area contributed by atoms with Gasteiger partial charge in [-0.05, 0) is 32.8 Å². The summed E-state index contributed by atoms with van der Waals surface area (Å²) in [5.74, 6) is 0.659. The summed E-state index contributed by atoms with van der Waals surface area (Å²) in [5.41, 5.74) is 7.79. The van der Waals surface area contributed by atoms with Crippen LogP contribution in [0.2, 0.25) is 0 Å². The molecule has 27 heavy (non-hydrogen) atoms. The topological polar surface area (TPSA) is 49.0 Å². The number of aromatic amines is 1. The van der Waals surface area contributed by atoms with Crippen molar-refractivity contribution in [3.8, 4) is 11.4 Å². The highest BCUT2D eigenvalue weighted by Gasteiger charge is 2.21. The molecule has 0 unspecified atom stereocenters. The van der Waals surface area contributed by atoms with E-state index in [9.17, 15) is 4.79 Å². The Morgan fingerprint density at radius 1 is 1.00 bits per heavy atom. The lowest BCUT2D eigenvalue weighted by Crippen LogP contribution is -2.35. The van der Waals surface area contributed by atoms with E-state index in [1.807, 2.05) is 24.3 Å². The Labute approximate surface area is 159 Å². The molecule has 1 N–H and O–H groups in total. The highest BCUT2D eigenvalue weighted by atomic mass is 16.1. The second-order valence-electron chi connectivity index (χ2n) is 7.66. The van der Waals surface area contributed by atoms with Crippen LogP contribution in [0.5, 0.6) is 0 Å². The van der Waals surface area contributed by atoms with E-state index in [-0.39, 0.29) is 5.56 Å². The molecule has 3 aromatic rings. The van der Waals surface area contributed by atoms with E-state index in [0.717, 1.165) is 36.3 Å². The van der Waals surface area contributed by atoms with Gasteiger partial charge >= 0.3 is 0 Å². The van der Waals surface area contributed by atoms with E-state index in [0.29, 0.717) is 12.4 Å². The quantitative estimate of drug-likeness (QED) is 0.771. The first-order valence-corrected chi connectivity index (χ1v) is 9.46. The first-order valence-electron chi connectivity index (χ1n) is 9.46. The number of aryl methyl sites for hydroxylation is 3. The molecule has 4 heteroatoms. The van der Waals surface area contributed by atoms with Crippen molar-refractivity contribution in [1.29, 1.82) is 0 Å². The molecule has 0 bridgehead atoms. The van der Waals surface area contributed by atoms with E-state index in [1.165, 1.54) is 22.3 Å². The van der Waals surface area contributed by atoms with Crippen molar-refractivity contribution >= 4 is 0 Å². The van der Waals surface area contributed by atoms with E-state index >= 15 is 0 Å². The van der Waals surface area contributed by atoms with Crippen molar-refractivity contribution in [2.24, 2.45) is 0 Å². The fourth-order valence-electron chi connectivity index (χ4n) is 3.90. The van der Waals surface area contributed by atoms with Gasteiger partial charge in [-0.1, -0.05) is 59.2 Å². The Balaban J connectivity index is 1.61. The number of nitrogens with zero attached hydrogens (tertiary/aromatic N) is 2. The summed E-state index contributed by atoms with van der Waals surface area (Å²) in [6.07, 6.45) is 0.747. The monoisotopic (exact) mass is 359 g/mol. The fraction of sp³-hybridized carbons (Fsp3) is 0.304. The van der Waals surface area contributed by atoms with Crippen molar-refractivity contribution in [1.82, 2.24) is 14.9 Å². The minimum Gasteiger partial charge on any atom is -0.306 e. The molecule has 0 saturated carbocycles. The third kappa shape index (κ3) is 3.86. The standard InChI is InChI=1S/C23H25N3O/c1-15-4-6-19(7-5-15)22-24-21-14-26(9-8-20(21)23(27)25-22)13-18-11-16(2)10-17(3)12-18/h4-7,10-12H,8-9,13-14H2,1-3H3,(H,24,25,27). The normalized spacial score (nSPS) is 14.2. The number of hydrogen-bond donors (Lipinski definition) is 1. The Kier molecular flexibility index (Phi) is 4.66. The van der Waals surface area contributed by atoms with Crippen molar-refractivity contribution < 1.29 is 0 Å². The molecule has 138 valence electrons. The molecule has 0 saturated heterocycles. The summed E-state index contributed by atoms with van der Waals surface area (Å²) < 4.78 is 0. The van der Waals surface area contributed by atoms with Crippen LogP contribution >= 0.6 is 0 Å². The van der Waals surface area contributed by atoms with Gasteiger partial charge in [0.15, 0.2) is 0 Å². The zero-order chi connectivity index (χ0) is 19.0. The van der Waals surface area contributed by atoms with Gasteiger partial charge in [-0.3, -0.25) is 9.69 Å². The molecule has 0 spiro atoms. The van der Waals surface area contributed by atoms with Gasteiger partial charge in [0.2, 0.25) is 0 Å². The van der Waals surface area contributed by atoms with Crippen molar-refractivity contribution in [2.45, 2.75) is 40.3 Å². The van der Waals surface area contributed by atoms with Gasteiger partial charge in [0, 0.05) is 30.8 Å². The van der Waals surface area contributed by atoms with E-state index < -0.39 is 0 Å². The lowest BCUT2D eigenvalue weighted by molar-refractivity contribution is 0.240. The van der Waals surface area contributed by atoms with Gasteiger partial charge in [-0.25, -0.2) is 4.98 Å². The second-order valence-corrected chi connectivity index (χ2v) is 7.66. The predicted molar refractivity (Wildman–Crippen MR) is 109 cm³/mol. The molecular weight excluding hydrogens is 334 g/mol. The van der Waals surface area contributed by atoms with Gasteiger partial charge in [-0.2, -0.15) is 0 Å². The number of aromatic nitrogens is 2. The maximum atomic E-state index is 12.6. The molecule has 0 aliphatic carbocycles. The number of H-pyrrole nitrogens is 1. The molecule has 1 aliphatic rings. The minimum atomic E-state index is 0.00150. The third-order valence-electron chi connectivity index (χ3n) is 5.17. The number of rotatable bonds is 3. The molecule has 2 aromatic carbocycles. The molecule has 0 atom stereocenters. The van der Waals surface area contributed by atoms with Crippen LogP contribution < -0.4 is 5.56 Å². The number of fused-ring (bicyclic) bond motifs is 1. The van der Waals surface area contributed by atoms with Crippen LogP contribution in [0, 0.1) is 20.8 Å². The van der Waals surface area contributed by atoms with Crippen LogP contribution in [0.15, 0.2) is 47.3 Å². The van der Waals surface area contributed by atoms with Gasteiger partial charge in [0.25, 0.3) is 5.56 Å². The summed E-state index contributed by atoms with van der Waals surface area (Å²) in [6, 6.07) is 14.8. The summed E-state index contributed by atoms with van der Waals surface area (Å²) >= 11 is 0. The summed E-state index contributed by atoms with van der Waals surface area (Å²) in [5, 5.41) is 0. The van der Waals surface area contributed by atoms with Crippen molar-refractivity contribution in [3.05, 3.63) is 86.3 Å². The molecule has 4 nitrogen and oxygen atoms in total. The molecule has 1 aromatic heterocycles. The average molecular weight is 359 g/mol. The molecule has 2 heterocycles. The Bertz CT molecular complexity index is 1010. The fourth-order valence-corrected chi connectivity index (χ4v) is 3.90. The highest BCUT2D eigenvalue weighted by Crippen LogP contribution is 2.21. The summed E-state index contributed by atoms with van der Waals surface area (Å²) in [7, 11) is 0. The van der Waals surface area contributed by atoms with Crippen LogP contribution in [0.25, 0.3) is 11.4 Å². The zero-order valence-electron chi connectivity index (χ0n) is 16.2. The first kappa shape index (κ1) is 17.7. The van der Waals surface area contributed by atoms with E-state index in [4.69, 9.17) is 4.98 Å². The predicted octanol–water partition coefficient (Wildman–Crippen LogP) is 3.92. The lowest BCUT2D eigenvalue weighted by atomic mass is 10.0. The molecule has 0 radical (unpaired) electrons. The van der Waals surface area contributed by atoms with Gasteiger partial charge in [0.1, 0.15) is 5.82 Å². The Morgan fingerprint density at radius 2 is 1.70 bits per heavy atom. The largest absolute Gasteiger partial charge is 0.306 e. The van der Waals surface area contributed by atoms with Crippen molar-refractivity contribution in [2.75, 3.05) is 6.54 Å². The van der Waals surface area contributed by atoms with E-state index in [1.54, 1.807) is 0 Å². The molecule has 4 rings (SSSR count). The Hall–Kier alpha value is -2.72. The third-order valence-corrected chi connectivity index (χ3v) is 5.17. The second kappa shape index (κ2) is 7.12. The number of hydrogen-bond acceptors (Lipinski definition) is 3. The minimum absolute atomic E-state index is 0.00150. The summed E-state index contributed by atoms with van der Waals surface area (Å²) in [4.78, 5) is 22.7. The van der Waals surface area contributed by atoms with Crippen LogP contribution in [0.3, 0.4) is 0 Å². The van der Waals surface area contributed by atoms with Gasteiger partial charge < -0.3 is 4.98 Å². The van der Waals surface area contributed by atoms with Gasteiger partial charge in [0.05, 0.1) is 5.69 Å². The summed E-state index contributed by atoms with van der Waals surface area (Å²) in [6.45, 7) is 8.81. The molecular formula is C23H25N3O. The number of nitrogens with one attached hydrogen (secondary N) is 1. The molecule has 1 aliphatic heterocycles. The molecule has 0 fully saturated rings. The first-order chi connectivity index (χ1) is 13.0. The SMILES string of the molecule is Cc1ccc(-c2nc3c(c(=O)[nH]2)CCN(Cc2cc(C)cc(C)c2)C3)cc1. The zero-order valence-corrected chi connectivity index (χ0v) is 16.2. The van der Waals surface area contributed by atoms with Crippen LogP contribution in [-0.2, 0) is 19.5 Å². The smallest absolute Gasteiger partial charge is 0.254 e. The van der Waals surface area contributed by atoms with Crippen LogP contribution in [0.1, 0.15) is 33.5 Å². The molecule has 0 amide bonds. The Morgan fingerprint density at radius 3 is 2.41 bits per heavy atom. The maximum absolute atomic E-state index is 12.6. The van der Waals surface area contributed by atoms with E-state index in [2.05, 4.69) is 48.9 Å². The van der Waals surface area contributed by atoms with Crippen LogP contribution in [0.4, 0.5) is 0 Å². The average Bonchev–Trinajstić information content (AvgIpc) is 2.61. The highest BCUT2D eigenvalue weighted by molar-refractivity contribution is 5.55. The maximum Gasteiger partial charge on any atom is 0.254 e.